The Labute approximate surface area is 130 Å². The first kappa shape index (κ1) is 17.2. The molecule has 0 aromatic carbocycles. The van der Waals surface area contributed by atoms with Gasteiger partial charge in [0.1, 0.15) is 0 Å². The van der Waals surface area contributed by atoms with Gasteiger partial charge in [-0.1, -0.05) is 33.1 Å². The lowest BCUT2D eigenvalue weighted by molar-refractivity contribution is 0.127. The van der Waals surface area contributed by atoms with Crippen LogP contribution in [-0.4, -0.2) is 48.7 Å². The Morgan fingerprint density at radius 3 is 2.43 bits per heavy atom. The van der Waals surface area contributed by atoms with Crippen molar-refractivity contribution in [2.75, 3.05) is 26.2 Å². The Kier molecular flexibility index (Phi) is 5.68. The maximum atomic E-state index is 13.1. The van der Waals surface area contributed by atoms with E-state index in [1.54, 1.807) is 8.61 Å². The third kappa shape index (κ3) is 3.44. The molecule has 21 heavy (non-hydrogen) atoms. The van der Waals surface area contributed by atoms with Crippen LogP contribution in [0.25, 0.3) is 0 Å². The van der Waals surface area contributed by atoms with E-state index in [4.69, 9.17) is 5.73 Å². The molecule has 2 fully saturated rings. The van der Waals surface area contributed by atoms with Crippen LogP contribution in [0.2, 0.25) is 0 Å². The average Bonchev–Trinajstić information content (AvgIpc) is 2.48. The molecule has 0 spiro atoms. The summed E-state index contributed by atoms with van der Waals surface area (Å²) in [5, 5.41) is 0. The van der Waals surface area contributed by atoms with Crippen LogP contribution in [0.4, 0.5) is 0 Å². The summed E-state index contributed by atoms with van der Waals surface area (Å²) in [5.74, 6) is 0.451. The number of likely N-dealkylation sites (N-methyl/N-ethyl adjacent to an activating group) is 1. The maximum Gasteiger partial charge on any atom is 0.282 e. The van der Waals surface area contributed by atoms with Crippen LogP contribution in [-0.2, 0) is 10.2 Å². The molecule has 0 radical (unpaired) electrons. The Morgan fingerprint density at radius 1 is 1.24 bits per heavy atom. The molecule has 1 saturated heterocycles. The summed E-state index contributed by atoms with van der Waals surface area (Å²) in [6, 6.07) is 0. The zero-order valence-electron chi connectivity index (χ0n) is 13.6. The van der Waals surface area contributed by atoms with Crippen molar-refractivity contribution in [3.05, 3.63) is 0 Å². The number of hydrogen-bond acceptors (Lipinski definition) is 3. The molecule has 6 heteroatoms. The Balaban J connectivity index is 2.25. The van der Waals surface area contributed by atoms with Gasteiger partial charge in [0.2, 0.25) is 0 Å². The van der Waals surface area contributed by atoms with Crippen molar-refractivity contribution >= 4 is 10.2 Å². The minimum absolute atomic E-state index is 0.355. The van der Waals surface area contributed by atoms with Crippen LogP contribution < -0.4 is 5.73 Å². The summed E-state index contributed by atoms with van der Waals surface area (Å²) >= 11 is 0. The summed E-state index contributed by atoms with van der Waals surface area (Å²) in [4.78, 5) is 0. The predicted octanol–water partition coefficient (Wildman–Crippen LogP) is 1.95. The molecule has 124 valence electrons. The van der Waals surface area contributed by atoms with Crippen LogP contribution >= 0.6 is 0 Å². The lowest BCUT2D eigenvalue weighted by Crippen LogP contribution is -2.61. The summed E-state index contributed by atoms with van der Waals surface area (Å²) in [6.07, 6.45) is 7.26. The van der Waals surface area contributed by atoms with Crippen molar-refractivity contribution in [3.63, 3.8) is 0 Å². The van der Waals surface area contributed by atoms with Gasteiger partial charge in [0.15, 0.2) is 0 Å². The highest BCUT2D eigenvalue weighted by Gasteiger charge is 2.45. The molecular formula is C15H31N3O2S. The predicted molar refractivity (Wildman–Crippen MR) is 86.1 cm³/mol. The highest BCUT2D eigenvalue weighted by Crippen LogP contribution is 2.36. The largest absolute Gasteiger partial charge is 0.329 e. The molecule has 1 heterocycles. The summed E-state index contributed by atoms with van der Waals surface area (Å²) in [7, 11) is -3.39. The van der Waals surface area contributed by atoms with Gasteiger partial charge in [-0.15, -0.1) is 0 Å². The van der Waals surface area contributed by atoms with Gasteiger partial charge in [-0.05, 0) is 31.6 Å². The molecule has 2 N–H and O–H groups in total. The molecule has 1 unspecified atom stereocenters. The third-order valence-electron chi connectivity index (χ3n) is 5.21. The van der Waals surface area contributed by atoms with E-state index in [-0.39, 0.29) is 5.54 Å². The van der Waals surface area contributed by atoms with E-state index in [9.17, 15) is 8.42 Å². The van der Waals surface area contributed by atoms with Gasteiger partial charge in [0.05, 0.1) is 0 Å². The molecule has 2 rings (SSSR count). The normalized spacial score (nSPS) is 27.9. The highest BCUT2D eigenvalue weighted by atomic mass is 32.2. The second-order valence-corrected chi connectivity index (χ2v) is 8.62. The van der Waals surface area contributed by atoms with E-state index in [0.29, 0.717) is 32.1 Å². The second-order valence-electron chi connectivity index (χ2n) is 6.77. The minimum atomic E-state index is -3.39. The molecule has 1 atom stereocenters. The second kappa shape index (κ2) is 6.94. The molecule has 5 nitrogen and oxygen atoms in total. The van der Waals surface area contributed by atoms with Crippen molar-refractivity contribution in [2.24, 2.45) is 11.7 Å². The average molecular weight is 317 g/mol. The fourth-order valence-corrected chi connectivity index (χ4v) is 6.16. The number of hydrogen-bond donors (Lipinski definition) is 1. The molecule has 2 aliphatic rings. The van der Waals surface area contributed by atoms with Crippen LogP contribution in [0, 0.1) is 5.92 Å². The lowest BCUT2D eigenvalue weighted by atomic mass is 9.81. The lowest BCUT2D eigenvalue weighted by Gasteiger charge is -2.46. The Hall–Kier alpha value is -0.170. The van der Waals surface area contributed by atoms with E-state index in [1.165, 1.54) is 6.42 Å². The quantitative estimate of drug-likeness (QED) is 0.843. The first-order valence-electron chi connectivity index (χ1n) is 8.44. The Bertz CT molecular complexity index is 432. The van der Waals surface area contributed by atoms with Crippen molar-refractivity contribution in [1.29, 1.82) is 0 Å². The number of nitrogens with zero attached hydrogens (tertiary/aromatic N) is 2. The first-order chi connectivity index (χ1) is 9.96. The number of piperidine rings is 1. The van der Waals surface area contributed by atoms with Gasteiger partial charge in [0, 0.05) is 31.7 Å². The smallest absolute Gasteiger partial charge is 0.282 e. The van der Waals surface area contributed by atoms with Crippen molar-refractivity contribution < 1.29 is 8.42 Å². The Morgan fingerprint density at radius 2 is 1.90 bits per heavy atom. The van der Waals surface area contributed by atoms with Gasteiger partial charge >= 0.3 is 0 Å². The van der Waals surface area contributed by atoms with E-state index >= 15 is 0 Å². The van der Waals surface area contributed by atoms with Crippen LogP contribution in [0.15, 0.2) is 0 Å². The minimum Gasteiger partial charge on any atom is -0.329 e. The van der Waals surface area contributed by atoms with Crippen LogP contribution in [0.1, 0.15) is 58.8 Å². The molecule has 0 bridgehead atoms. The molecule has 0 aromatic rings. The van der Waals surface area contributed by atoms with E-state index in [0.717, 1.165) is 38.5 Å². The van der Waals surface area contributed by atoms with Crippen molar-refractivity contribution in [1.82, 2.24) is 8.61 Å². The fourth-order valence-electron chi connectivity index (χ4n) is 4.00. The topological polar surface area (TPSA) is 66.6 Å². The van der Waals surface area contributed by atoms with Crippen LogP contribution in [0.5, 0.6) is 0 Å². The van der Waals surface area contributed by atoms with Crippen molar-refractivity contribution in [2.45, 2.75) is 64.3 Å². The molecule has 1 saturated carbocycles. The van der Waals surface area contributed by atoms with Gasteiger partial charge < -0.3 is 5.73 Å². The van der Waals surface area contributed by atoms with Gasteiger partial charge in [-0.3, -0.25) is 0 Å². The van der Waals surface area contributed by atoms with Crippen LogP contribution in [0.3, 0.4) is 0 Å². The molecular weight excluding hydrogens is 286 g/mol. The van der Waals surface area contributed by atoms with Gasteiger partial charge in [-0.25, -0.2) is 0 Å². The zero-order valence-corrected chi connectivity index (χ0v) is 14.4. The van der Waals surface area contributed by atoms with Gasteiger partial charge in [-0.2, -0.15) is 17.0 Å². The fraction of sp³-hybridized carbons (Fsp3) is 1.00. The number of nitrogens with two attached hydrogens (primary N) is 1. The third-order valence-corrected chi connectivity index (χ3v) is 7.39. The zero-order chi connectivity index (χ0) is 15.5. The maximum absolute atomic E-state index is 13.1. The standard InChI is InChI=1S/C15H31N3O2S/c1-3-18(15(13-16)9-5-4-6-10-15)21(19,20)17-11-7-8-14(2)12-17/h14H,3-13,16H2,1-2H3. The number of rotatable bonds is 5. The summed E-state index contributed by atoms with van der Waals surface area (Å²) < 4.78 is 29.7. The van der Waals surface area contributed by atoms with E-state index in [1.807, 2.05) is 6.92 Å². The van der Waals surface area contributed by atoms with E-state index < -0.39 is 10.2 Å². The molecule has 0 aromatic heterocycles. The SMILES string of the molecule is CCN(C1(CN)CCCCC1)S(=O)(=O)N1CCCC(C)C1. The molecule has 0 amide bonds. The monoisotopic (exact) mass is 317 g/mol. The highest BCUT2D eigenvalue weighted by molar-refractivity contribution is 7.86. The van der Waals surface area contributed by atoms with Gasteiger partial charge in [0.25, 0.3) is 10.2 Å². The van der Waals surface area contributed by atoms with Crippen molar-refractivity contribution in [3.8, 4) is 0 Å². The molecule has 1 aliphatic carbocycles. The van der Waals surface area contributed by atoms with E-state index in [2.05, 4.69) is 6.92 Å². The molecule has 1 aliphatic heterocycles. The first-order valence-corrected chi connectivity index (χ1v) is 9.84. The summed E-state index contributed by atoms with van der Waals surface area (Å²) in [6.45, 7) is 6.34. The summed E-state index contributed by atoms with van der Waals surface area (Å²) in [5.41, 5.74) is 5.69.